The van der Waals surface area contributed by atoms with Gasteiger partial charge in [0.25, 0.3) is 0 Å². The van der Waals surface area contributed by atoms with Crippen LogP contribution in [-0.4, -0.2) is 44.2 Å². The normalized spacial score (nSPS) is 14.4. The van der Waals surface area contributed by atoms with Gasteiger partial charge in [-0.2, -0.15) is 0 Å². The highest BCUT2D eigenvalue weighted by atomic mass is 16.5. The largest absolute Gasteiger partial charge is 0.497 e. The smallest absolute Gasteiger partial charge is 0.321 e. The van der Waals surface area contributed by atoms with Gasteiger partial charge >= 0.3 is 6.03 Å². The SMILES string of the molecule is COc1cccc(N2CCN(C(=O)Nc3ccc(C)cc3)CC2)c1. The Morgan fingerprint density at radius 1 is 1.04 bits per heavy atom. The summed E-state index contributed by atoms with van der Waals surface area (Å²) in [6.45, 7) is 5.07. The molecule has 1 fully saturated rings. The quantitative estimate of drug-likeness (QED) is 0.941. The molecule has 5 nitrogen and oxygen atoms in total. The molecule has 24 heavy (non-hydrogen) atoms. The number of aryl methyl sites for hydroxylation is 1. The van der Waals surface area contributed by atoms with Crippen LogP contribution in [0.25, 0.3) is 0 Å². The number of amides is 2. The molecule has 1 aliphatic heterocycles. The van der Waals surface area contributed by atoms with Gasteiger partial charge in [0.15, 0.2) is 0 Å². The Morgan fingerprint density at radius 3 is 2.42 bits per heavy atom. The Balaban J connectivity index is 1.56. The molecular formula is C19H23N3O2. The highest BCUT2D eigenvalue weighted by Gasteiger charge is 2.21. The first kappa shape index (κ1) is 16.2. The fraction of sp³-hybridized carbons (Fsp3) is 0.316. The van der Waals surface area contributed by atoms with Gasteiger partial charge in [-0.3, -0.25) is 0 Å². The lowest BCUT2D eigenvalue weighted by Crippen LogP contribution is -2.50. The molecule has 0 bridgehead atoms. The number of carbonyl (C=O) groups is 1. The van der Waals surface area contributed by atoms with Crippen LogP contribution < -0.4 is 15.0 Å². The standard InChI is InChI=1S/C19H23N3O2/c1-15-6-8-16(9-7-15)20-19(23)22-12-10-21(11-13-22)17-4-3-5-18(14-17)24-2/h3-9,14H,10-13H2,1-2H3,(H,20,23). The lowest BCUT2D eigenvalue weighted by atomic mass is 10.2. The summed E-state index contributed by atoms with van der Waals surface area (Å²) >= 11 is 0. The number of methoxy groups -OCH3 is 1. The van der Waals surface area contributed by atoms with Crippen molar-refractivity contribution in [3.8, 4) is 5.75 Å². The van der Waals surface area contributed by atoms with Crippen LogP contribution in [0.1, 0.15) is 5.56 Å². The molecule has 0 spiro atoms. The van der Waals surface area contributed by atoms with Gasteiger partial charge in [-0.15, -0.1) is 0 Å². The van der Waals surface area contributed by atoms with Gasteiger partial charge in [0.05, 0.1) is 7.11 Å². The molecule has 2 aromatic rings. The third-order valence-corrected chi connectivity index (χ3v) is 4.29. The van der Waals surface area contributed by atoms with Crippen molar-refractivity contribution in [1.82, 2.24) is 4.90 Å². The Labute approximate surface area is 142 Å². The summed E-state index contributed by atoms with van der Waals surface area (Å²) in [5, 5.41) is 2.96. The van der Waals surface area contributed by atoms with Gasteiger partial charge in [-0.05, 0) is 31.2 Å². The average molecular weight is 325 g/mol. The molecule has 0 aromatic heterocycles. The van der Waals surface area contributed by atoms with Crippen molar-refractivity contribution in [2.75, 3.05) is 43.5 Å². The van der Waals surface area contributed by atoms with Crippen molar-refractivity contribution in [3.63, 3.8) is 0 Å². The van der Waals surface area contributed by atoms with Crippen molar-refractivity contribution in [1.29, 1.82) is 0 Å². The third kappa shape index (κ3) is 3.79. The molecule has 126 valence electrons. The van der Waals surface area contributed by atoms with E-state index in [1.165, 1.54) is 5.56 Å². The number of rotatable bonds is 3. The van der Waals surface area contributed by atoms with Crippen LogP contribution >= 0.6 is 0 Å². The molecule has 1 saturated heterocycles. The Kier molecular flexibility index (Phi) is 4.89. The van der Waals surface area contributed by atoms with E-state index in [9.17, 15) is 4.79 Å². The van der Waals surface area contributed by atoms with E-state index < -0.39 is 0 Å². The van der Waals surface area contributed by atoms with Crippen molar-refractivity contribution in [2.45, 2.75) is 6.92 Å². The van der Waals surface area contributed by atoms with Crippen molar-refractivity contribution in [3.05, 3.63) is 54.1 Å². The number of hydrogen-bond donors (Lipinski definition) is 1. The minimum Gasteiger partial charge on any atom is -0.497 e. The molecule has 0 saturated carbocycles. The number of anilines is 2. The summed E-state index contributed by atoms with van der Waals surface area (Å²) in [7, 11) is 1.67. The van der Waals surface area contributed by atoms with Gasteiger partial charge in [0.2, 0.25) is 0 Å². The first-order chi connectivity index (χ1) is 11.7. The van der Waals surface area contributed by atoms with Crippen molar-refractivity contribution >= 4 is 17.4 Å². The highest BCUT2D eigenvalue weighted by Crippen LogP contribution is 2.22. The summed E-state index contributed by atoms with van der Waals surface area (Å²) in [5.41, 5.74) is 3.15. The fourth-order valence-electron chi connectivity index (χ4n) is 2.81. The van der Waals surface area contributed by atoms with E-state index in [2.05, 4.69) is 16.3 Å². The molecule has 0 radical (unpaired) electrons. The monoisotopic (exact) mass is 325 g/mol. The van der Waals surface area contributed by atoms with Crippen molar-refractivity contribution in [2.24, 2.45) is 0 Å². The van der Waals surface area contributed by atoms with Crippen LogP contribution in [0.15, 0.2) is 48.5 Å². The zero-order chi connectivity index (χ0) is 16.9. The Hall–Kier alpha value is -2.69. The average Bonchev–Trinajstić information content (AvgIpc) is 2.64. The van der Waals surface area contributed by atoms with Gasteiger partial charge in [-0.1, -0.05) is 23.8 Å². The zero-order valence-corrected chi connectivity index (χ0v) is 14.2. The molecule has 0 aliphatic carbocycles. The summed E-state index contributed by atoms with van der Waals surface area (Å²) in [4.78, 5) is 16.5. The molecule has 2 amide bonds. The molecule has 0 atom stereocenters. The lowest BCUT2D eigenvalue weighted by Gasteiger charge is -2.36. The first-order valence-electron chi connectivity index (χ1n) is 8.17. The van der Waals surface area contributed by atoms with Crippen LogP contribution in [0.3, 0.4) is 0 Å². The van der Waals surface area contributed by atoms with E-state index in [1.54, 1.807) is 7.11 Å². The summed E-state index contributed by atoms with van der Waals surface area (Å²) in [5.74, 6) is 0.854. The van der Waals surface area contributed by atoms with Crippen LogP contribution in [-0.2, 0) is 0 Å². The summed E-state index contributed by atoms with van der Waals surface area (Å²) in [6, 6.07) is 15.8. The van der Waals surface area contributed by atoms with E-state index in [1.807, 2.05) is 54.3 Å². The lowest BCUT2D eigenvalue weighted by molar-refractivity contribution is 0.208. The number of piperazine rings is 1. The van der Waals surface area contributed by atoms with Gasteiger partial charge in [0.1, 0.15) is 5.75 Å². The topological polar surface area (TPSA) is 44.8 Å². The zero-order valence-electron chi connectivity index (χ0n) is 14.2. The van der Waals surface area contributed by atoms with E-state index in [4.69, 9.17) is 4.74 Å². The van der Waals surface area contributed by atoms with Crippen LogP contribution in [0, 0.1) is 6.92 Å². The number of carbonyl (C=O) groups excluding carboxylic acids is 1. The predicted molar refractivity (Wildman–Crippen MR) is 97.0 cm³/mol. The van der Waals surface area contributed by atoms with E-state index in [0.717, 1.165) is 30.2 Å². The highest BCUT2D eigenvalue weighted by molar-refractivity contribution is 5.89. The molecule has 3 rings (SSSR count). The van der Waals surface area contributed by atoms with Crippen molar-refractivity contribution < 1.29 is 9.53 Å². The van der Waals surface area contributed by atoms with Crippen LogP contribution in [0.2, 0.25) is 0 Å². The Morgan fingerprint density at radius 2 is 1.75 bits per heavy atom. The maximum Gasteiger partial charge on any atom is 0.321 e. The minimum atomic E-state index is -0.0378. The molecule has 2 aromatic carbocycles. The van der Waals surface area contributed by atoms with Gasteiger partial charge in [-0.25, -0.2) is 4.79 Å². The number of nitrogens with zero attached hydrogens (tertiary/aromatic N) is 2. The number of urea groups is 1. The number of hydrogen-bond acceptors (Lipinski definition) is 3. The van der Waals surface area contributed by atoms with Crippen LogP contribution in [0.4, 0.5) is 16.2 Å². The minimum absolute atomic E-state index is 0.0378. The number of benzene rings is 2. The van der Waals surface area contributed by atoms with Gasteiger partial charge in [0, 0.05) is 43.6 Å². The van der Waals surface area contributed by atoms with E-state index in [0.29, 0.717) is 13.1 Å². The maximum absolute atomic E-state index is 12.4. The van der Waals surface area contributed by atoms with Gasteiger partial charge < -0.3 is 19.9 Å². The fourth-order valence-corrected chi connectivity index (χ4v) is 2.81. The Bertz CT molecular complexity index is 692. The number of nitrogens with one attached hydrogen (secondary N) is 1. The molecule has 1 N–H and O–H groups in total. The predicted octanol–water partition coefficient (Wildman–Crippen LogP) is 3.36. The first-order valence-corrected chi connectivity index (χ1v) is 8.17. The van der Waals surface area contributed by atoms with E-state index in [-0.39, 0.29) is 6.03 Å². The second kappa shape index (κ2) is 7.25. The summed E-state index contributed by atoms with van der Waals surface area (Å²) < 4.78 is 5.28. The number of ether oxygens (including phenoxy) is 1. The molecule has 1 heterocycles. The second-order valence-electron chi connectivity index (χ2n) is 5.97. The summed E-state index contributed by atoms with van der Waals surface area (Å²) in [6.07, 6.45) is 0. The molecule has 1 aliphatic rings. The second-order valence-corrected chi connectivity index (χ2v) is 5.97. The van der Waals surface area contributed by atoms with E-state index >= 15 is 0 Å². The maximum atomic E-state index is 12.4. The molecular weight excluding hydrogens is 302 g/mol. The van der Waals surface area contributed by atoms with Crippen LogP contribution in [0.5, 0.6) is 5.75 Å². The third-order valence-electron chi connectivity index (χ3n) is 4.29. The molecule has 0 unspecified atom stereocenters. The molecule has 5 heteroatoms.